The Morgan fingerprint density at radius 2 is 2.05 bits per heavy atom. The Bertz CT molecular complexity index is 1500. The molecule has 12 heteroatoms. The summed E-state index contributed by atoms with van der Waals surface area (Å²) in [6.45, 7) is 0.421. The Morgan fingerprint density at radius 3 is 2.78 bits per heavy atom. The first-order valence-electron chi connectivity index (χ1n) is 11.3. The van der Waals surface area contributed by atoms with Crippen molar-refractivity contribution in [2.75, 3.05) is 18.9 Å². The number of thioether (sulfide) groups is 1. The Hall–Kier alpha value is -3.06. The maximum atomic E-state index is 14.6. The van der Waals surface area contributed by atoms with Crippen molar-refractivity contribution in [1.29, 1.82) is 0 Å². The van der Waals surface area contributed by atoms with Crippen LogP contribution in [0.25, 0.3) is 0 Å². The molecular formula is C25H19BrN4O5S2. The number of thiocarbonyl (C=S) groups is 1. The molecule has 2 amide bonds. The molecular weight excluding hydrogens is 580 g/mol. The van der Waals surface area contributed by atoms with Crippen LogP contribution < -0.4 is 5.32 Å². The van der Waals surface area contributed by atoms with E-state index in [9.17, 15) is 19.7 Å². The number of hydrogen-bond donors (Lipinski definition) is 1. The Morgan fingerprint density at radius 1 is 1.24 bits per heavy atom. The first-order valence-corrected chi connectivity index (χ1v) is 13.4. The van der Waals surface area contributed by atoms with Crippen molar-refractivity contribution in [3.63, 3.8) is 0 Å². The third-order valence-electron chi connectivity index (χ3n) is 7.41. The van der Waals surface area contributed by atoms with E-state index in [0.29, 0.717) is 33.4 Å². The van der Waals surface area contributed by atoms with Gasteiger partial charge in [0.25, 0.3) is 11.6 Å². The van der Waals surface area contributed by atoms with Crippen LogP contribution in [0, 0.1) is 10.1 Å². The summed E-state index contributed by atoms with van der Waals surface area (Å²) in [6, 6.07) is 15.3. The molecule has 3 atom stereocenters. The molecule has 0 bridgehead atoms. The number of carbonyl (C=O) groups excluding carboxylic acids is 2. The van der Waals surface area contributed by atoms with Gasteiger partial charge in [-0.25, -0.2) is 0 Å². The molecule has 2 aromatic carbocycles. The van der Waals surface area contributed by atoms with Gasteiger partial charge in [0.05, 0.1) is 17.7 Å². The fourth-order valence-corrected chi connectivity index (χ4v) is 8.43. The molecule has 9 nitrogen and oxygen atoms in total. The molecule has 0 unspecified atom stereocenters. The van der Waals surface area contributed by atoms with Crippen molar-refractivity contribution in [3.05, 3.63) is 92.3 Å². The number of carbonyl (C=O) groups is 2. The van der Waals surface area contributed by atoms with Crippen LogP contribution in [0.4, 0.5) is 11.4 Å². The summed E-state index contributed by atoms with van der Waals surface area (Å²) in [4.78, 5) is 43.2. The summed E-state index contributed by atoms with van der Waals surface area (Å²) in [5.74, 6) is -0.688. The van der Waals surface area contributed by atoms with Gasteiger partial charge in [0.15, 0.2) is 5.54 Å². The van der Waals surface area contributed by atoms with Crippen LogP contribution in [0.3, 0.4) is 0 Å². The molecule has 1 N–H and O–H groups in total. The predicted octanol–water partition coefficient (Wildman–Crippen LogP) is 4.63. The van der Waals surface area contributed by atoms with Gasteiger partial charge in [-0.15, -0.1) is 0 Å². The van der Waals surface area contributed by atoms with Crippen LogP contribution in [0.15, 0.2) is 69.8 Å². The van der Waals surface area contributed by atoms with Crippen LogP contribution >= 0.6 is 39.9 Å². The molecule has 2 fully saturated rings. The van der Waals surface area contributed by atoms with Gasteiger partial charge in [-0.2, -0.15) is 0 Å². The zero-order valence-electron chi connectivity index (χ0n) is 19.3. The van der Waals surface area contributed by atoms with Gasteiger partial charge in [-0.3, -0.25) is 29.5 Å². The molecule has 4 heterocycles. The van der Waals surface area contributed by atoms with Crippen LogP contribution in [-0.2, 0) is 21.7 Å². The number of nitrogens with zero attached hydrogens (tertiary/aromatic N) is 3. The molecule has 37 heavy (non-hydrogen) atoms. The Labute approximate surface area is 229 Å². The van der Waals surface area contributed by atoms with Crippen molar-refractivity contribution in [3.8, 4) is 0 Å². The molecule has 2 spiro atoms. The third-order valence-corrected chi connectivity index (χ3v) is 9.85. The summed E-state index contributed by atoms with van der Waals surface area (Å²) in [5, 5.41) is 14.6. The summed E-state index contributed by atoms with van der Waals surface area (Å²) >= 11 is 10.5. The minimum Gasteiger partial charge on any atom is -0.467 e. The molecule has 2 saturated heterocycles. The number of non-ortho nitro benzene ring substituents is 1. The quantitative estimate of drug-likeness (QED) is 0.263. The van der Waals surface area contributed by atoms with Gasteiger partial charge in [-0.1, -0.05) is 52.0 Å². The average Bonchev–Trinajstić information content (AvgIpc) is 3.60. The van der Waals surface area contributed by atoms with E-state index in [4.69, 9.17) is 16.6 Å². The van der Waals surface area contributed by atoms with Gasteiger partial charge >= 0.3 is 0 Å². The molecule has 3 aromatic rings. The summed E-state index contributed by atoms with van der Waals surface area (Å²) in [7, 11) is 1.81. The van der Waals surface area contributed by atoms with Gasteiger partial charge in [-0.05, 0) is 42.9 Å². The fraction of sp³-hybridized carbons (Fsp3) is 0.240. The second-order valence-electron chi connectivity index (χ2n) is 9.21. The maximum absolute atomic E-state index is 14.6. The highest BCUT2D eigenvalue weighted by atomic mass is 79.9. The van der Waals surface area contributed by atoms with Crippen LogP contribution in [-0.4, -0.2) is 49.2 Å². The molecule has 3 aliphatic heterocycles. The van der Waals surface area contributed by atoms with Crippen molar-refractivity contribution < 1.29 is 18.9 Å². The number of nitro benzene ring substituents is 1. The number of nitro groups is 1. The van der Waals surface area contributed by atoms with E-state index in [0.717, 1.165) is 4.47 Å². The van der Waals surface area contributed by atoms with E-state index in [1.807, 2.05) is 17.0 Å². The van der Waals surface area contributed by atoms with Gasteiger partial charge in [0.2, 0.25) is 5.91 Å². The monoisotopic (exact) mass is 598 g/mol. The van der Waals surface area contributed by atoms with E-state index in [-0.39, 0.29) is 24.0 Å². The number of hydrogen-bond acceptors (Lipinski definition) is 8. The molecule has 0 saturated carbocycles. The van der Waals surface area contributed by atoms with E-state index < -0.39 is 21.1 Å². The predicted molar refractivity (Wildman–Crippen MR) is 145 cm³/mol. The van der Waals surface area contributed by atoms with Crippen molar-refractivity contribution in [2.24, 2.45) is 0 Å². The maximum Gasteiger partial charge on any atom is 0.269 e. The number of benzene rings is 2. The lowest BCUT2D eigenvalue weighted by Gasteiger charge is -2.41. The van der Waals surface area contributed by atoms with Crippen LogP contribution in [0.1, 0.15) is 22.8 Å². The first kappa shape index (κ1) is 24.3. The van der Waals surface area contributed by atoms with Gasteiger partial charge in [0.1, 0.15) is 14.8 Å². The number of halogens is 1. The highest BCUT2D eigenvalue weighted by Gasteiger charge is 2.77. The number of anilines is 1. The average molecular weight is 599 g/mol. The minimum atomic E-state index is -1.42. The highest BCUT2D eigenvalue weighted by molar-refractivity contribution is 9.10. The SMILES string of the molecule is CN1C[C@H](c2cccc([N+](=O)[O-])c2)[C@]2(SC(=S)N(Cc3ccco3)C2=O)[C@]12C(=O)Nc1ccc(Br)cc12. The molecule has 3 aliphatic rings. The molecule has 1 aromatic heterocycles. The number of amides is 2. The number of likely N-dealkylation sites (tertiary alicyclic amines) is 1. The summed E-state index contributed by atoms with van der Waals surface area (Å²) < 4.78 is 5.16. The largest absolute Gasteiger partial charge is 0.467 e. The number of fused-ring (bicyclic) bond motifs is 3. The first-order chi connectivity index (χ1) is 17.7. The summed E-state index contributed by atoms with van der Waals surface area (Å²) in [5.41, 5.74) is 0.373. The zero-order chi connectivity index (χ0) is 26.1. The highest BCUT2D eigenvalue weighted by Crippen LogP contribution is 2.66. The lowest BCUT2D eigenvalue weighted by atomic mass is 9.72. The number of furan rings is 1. The van der Waals surface area contributed by atoms with Gasteiger partial charge < -0.3 is 9.73 Å². The fourth-order valence-electron chi connectivity index (χ4n) is 5.94. The zero-order valence-corrected chi connectivity index (χ0v) is 22.6. The second-order valence-corrected chi connectivity index (χ2v) is 12.0. The Balaban J connectivity index is 1.60. The lowest BCUT2D eigenvalue weighted by molar-refractivity contribution is -0.384. The standard InChI is InChI=1S/C25H19BrN4O5S2/c1-28-13-19(14-4-2-5-16(10-14)30(33)34)25(22(32)29(23(36)37-25)12-17-6-3-9-35-17)24(28)18-11-15(26)7-8-20(18)27-21(24)31/h2-11,19H,12-13H2,1H3,(H,27,31)/t19-,24+,25-/m1/s1. The van der Waals surface area contributed by atoms with Crippen molar-refractivity contribution in [1.82, 2.24) is 9.80 Å². The van der Waals surface area contributed by atoms with Crippen LogP contribution in [0.5, 0.6) is 0 Å². The molecule has 0 aliphatic carbocycles. The van der Waals surface area contributed by atoms with Gasteiger partial charge in [0, 0.05) is 40.3 Å². The van der Waals surface area contributed by atoms with E-state index in [1.54, 1.807) is 37.4 Å². The topological polar surface area (TPSA) is 109 Å². The van der Waals surface area contributed by atoms with E-state index in [1.165, 1.54) is 35.1 Å². The Kier molecular flexibility index (Phi) is 5.57. The number of nitrogens with one attached hydrogen (secondary N) is 1. The van der Waals surface area contributed by atoms with Crippen molar-refractivity contribution in [2.45, 2.75) is 22.7 Å². The smallest absolute Gasteiger partial charge is 0.269 e. The second kappa shape index (κ2) is 8.48. The number of rotatable bonds is 4. The van der Waals surface area contributed by atoms with Crippen LogP contribution in [0.2, 0.25) is 0 Å². The van der Waals surface area contributed by atoms with E-state index in [2.05, 4.69) is 21.2 Å². The third kappa shape index (κ3) is 3.22. The lowest BCUT2D eigenvalue weighted by Crippen LogP contribution is -2.61. The molecule has 0 radical (unpaired) electrons. The minimum absolute atomic E-state index is 0.0827. The normalized spacial score (nSPS) is 26.9. The molecule has 188 valence electrons. The van der Waals surface area contributed by atoms with Crippen molar-refractivity contribution >= 4 is 67.4 Å². The summed E-state index contributed by atoms with van der Waals surface area (Å²) in [6.07, 6.45) is 1.52. The van der Waals surface area contributed by atoms with E-state index >= 15 is 0 Å². The molecule has 6 rings (SSSR count). The number of likely N-dealkylation sites (N-methyl/N-ethyl adjacent to an activating group) is 1.